The number of hydrazone groups is 1. The number of halogens is 2. The normalized spacial score (nSPS) is 11.0. The molecule has 1 N–H and O–H groups in total. The Labute approximate surface area is 160 Å². The van der Waals surface area contributed by atoms with E-state index < -0.39 is 0 Å². The van der Waals surface area contributed by atoms with Crippen molar-refractivity contribution in [2.24, 2.45) is 5.10 Å². The molecule has 2 aromatic carbocycles. The Balaban J connectivity index is 1.74. The maximum atomic E-state index is 6.11. The molecular formula is C18H15Cl2N3OS. The zero-order valence-corrected chi connectivity index (χ0v) is 15.9. The summed E-state index contributed by atoms with van der Waals surface area (Å²) >= 11 is 13.6. The minimum atomic E-state index is 0.437. The lowest BCUT2D eigenvalue weighted by atomic mass is 10.1. The van der Waals surface area contributed by atoms with Gasteiger partial charge in [0.05, 0.1) is 24.0 Å². The zero-order valence-electron chi connectivity index (χ0n) is 13.6. The molecule has 0 fully saturated rings. The smallest absolute Gasteiger partial charge is 0.203 e. The summed E-state index contributed by atoms with van der Waals surface area (Å²) in [6.45, 7) is 2.06. The summed E-state index contributed by atoms with van der Waals surface area (Å²) in [5.74, 6) is 0.524. The molecular weight excluding hydrogens is 377 g/mol. The van der Waals surface area contributed by atoms with Crippen molar-refractivity contribution in [2.45, 2.75) is 6.92 Å². The molecule has 1 heterocycles. The van der Waals surface area contributed by atoms with Crippen molar-refractivity contribution in [1.29, 1.82) is 0 Å². The molecule has 0 atom stereocenters. The average molecular weight is 392 g/mol. The van der Waals surface area contributed by atoms with E-state index in [4.69, 9.17) is 27.9 Å². The number of hydrogen-bond donors (Lipinski definition) is 1. The molecule has 0 saturated heterocycles. The predicted octanol–water partition coefficient (Wildman–Crippen LogP) is 5.88. The summed E-state index contributed by atoms with van der Waals surface area (Å²) < 4.78 is 5.28. The molecule has 1 aromatic heterocycles. The molecule has 128 valence electrons. The molecule has 0 amide bonds. The van der Waals surface area contributed by atoms with Crippen molar-refractivity contribution in [3.8, 4) is 17.0 Å². The Kier molecular flexibility index (Phi) is 5.58. The molecule has 0 unspecified atom stereocenters. The number of nitrogens with zero attached hydrogens (tertiary/aromatic N) is 2. The molecule has 25 heavy (non-hydrogen) atoms. The molecule has 7 heteroatoms. The van der Waals surface area contributed by atoms with Gasteiger partial charge in [0, 0.05) is 21.5 Å². The van der Waals surface area contributed by atoms with Crippen LogP contribution in [-0.4, -0.2) is 18.3 Å². The van der Waals surface area contributed by atoms with E-state index in [1.165, 1.54) is 16.9 Å². The van der Waals surface area contributed by atoms with E-state index in [1.54, 1.807) is 25.5 Å². The predicted molar refractivity (Wildman–Crippen MR) is 107 cm³/mol. The summed E-state index contributed by atoms with van der Waals surface area (Å²) in [6.07, 6.45) is 1.60. The van der Waals surface area contributed by atoms with E-state index in [1.807, 2.05) is 5.38 Å². The van der Waals surface area contributed by atoms with Gasteiger partial charge in [-0.3, -0.25) is 5.43 Å². The number of rotatable bonds is 5. The lowest BCUT2D eigenvalue weighted by Crippen LogP contribution is -1.95. The van der Waals surface area contributed by atoms with Gasteiger partial charge < -0.3 is 4.74 Å². The number of ether oxygens (including phenoxy) is 1. The van der Waals surface area contributed by atoms with E-state index in [2.05, 4.69) is 46.7 Å². The van der Waals surface area contributed by atoms with Gasteiger partial charge in [-0.25, -0.2) is 4.98 Å². The van der Waals surface area contributed by atoms with E-state index in [9.17, 15) is 0 Å². The number of aryl methyl sites for hydroxylation is 1. The molecule has 4 nitrogen and oxygen atoms in total. The molecule has 0 spiro atoms. The largest absolute Gasteiger partial charge is 0.495 e. The molecule has 0 aliphatic heterocycles. The Bertz CT molecular complexity index is 907. The van der Waals surface area contributed by atoms with Crippen molar-refractivity contribution in [1.82, 2.24) is 4.98 Å². The molecule has 0 saturated carbocycles. The van der Waals surface area contributed by atoms with E-state index in [-0.39, 0.29) is 0 Å². The highest BCUT2D eigenvalue weighted by Gasteiger charge is 2.08. The Morgan fingerprint density at radius 1 is 1.20 bits per heavy atom. The van der Waals surface area contributed by atoms with Crippen molar-refractivity contribution >= 4 is 45.9 Å². The summed E-state index contributed by atoms with van der Waals surface area (Å²) in [4.78, 5) is 4.53. The van der Waals surface area contributed by atoms with E-state index in [0.717, 1.165) is 11.3 Å². The van der Waals surface area contributed by atoms with Crippen LogP contribution in [0.1, 0.15) is 11.1 Å². The van der Waals surface area contributed by atoms with Crippen LogP contribution in [0.2, 0.25) is 10.0 Å². The lowest BCUT2D eigenvalue weighted by molar-refractivity contribution is 0.414. The first-order valence-corrected chi connectivity index (χ1v) is 9.05. The minimum Gasteiger partial charge on any atom is -0.495 e. The van der Waals surface area contributed by atoms with Crippen LogP contribution in [0.4, 0.5) is 5.13 Å². The average Bonchev–Trinajstić information content (AvgIpc) is 3.04. The van der Waals surface area contributed by atoms with Gasteiger partial charge in [0.1, 0.15) is 5.75 Å². The van der Waals surface area contributed by atoms with Crippen LogP contribution in [0.3, 0.4) is 0 Å². The number of nitrogens with one attached hydrogen (secondary N) is 1. The van der Waals surface area contributed by atoms with Crippen molar-refractivity contribution in [3.05, 3.63) is 63.0 Å². The van der Waals surface area contributed by atoms with Crippen molar-refractivity contribution in [3.63, 3.8) is 0 Å². The monoisotopic (exact) mass is 391 g/mol. The van der Waals surface area contributed by atoms with Gasteiger partial charge in [-0.05, 0) is 19.1 Å². The number of methoxy groups -OCH3 is 1. The van der Waals surface area contributed by atoms with Crippen molar-refractivity contribution < 1.29 is 4.74 Å². The zero-order chi connectivity index (χ0) is 17.8. The maximum Gasteiger partial charge on any atom is 0.203 e. The van der Waals surface area contributed by atoms with Gasteiger partial charge >= 0.3 is 0 Å². The Morgan fingerprint density at radius 3 is 2.68 bits per heavy atom. The Morgan fingerprint density at radius 2 is 1.96 bits per heavy atom. The quantitative estimate of drug-likeness (QED) is 0.436. The second kappa shape index (κ2) is 7.87. The van der Waals surface area contributed by atoms with Gasteiger partial charge in [-0.2, -0.15) is 5.10 Å². The van der Waals surface area contributed by atoms with Crippen LogP contribution in [0.25, 0.3) is 11.3 Å². The number of benzene rings is 2. The topological polar surface area (TPSA) is 46.5 Å². The fourth-order valence-corrected chi connectivity index (χ4v) is 3.49. The van der Waals surface area contributed by atoms with E-state index in [0.29, 0.717) is 26.5 Å². The fraction of sp³-hybridized carbons (Fsp3) is 0.111. The molecule has 0 radical (unpaired) electrons. The summed E-state index contributed by atoms with van der Waals surface area (Å²) in [5.41, 5.74) is 6.80. The summed E-state index contributed by atoms with van der Waals surface area (Å²) in [7, 11) is 1.55. The maximum absolute atomic E-state index is 6.11. The first-order chi connectivity index (χ1) is 12.1. The molecule has 0 aliphatic carbocycles. The first-order valence-electron chi connectivity index (χ1n) is 7.41. The summed E-state index contributed by atoms with van der Waals surface area (Å²) in [6, 6.07) is 11.6. The molecule has 3 aromatic rings. The SMILES string of the molecule is COc1c(Cl)cc(Cl)cc1/C=N\Nc1nc(-c2ccc(C)cc2)cs1. The van der Waals surface area contributed by atoms with Gasteiger partial charge in [0.2, 0.25) is 5.13 Å². The highest BCUT2D eigenvalue weighted by atomic mass is 35.5. The number of thiazole rings is 1. The van der Waals surface area contributed by atoms with E-state index >= 15 is 0 Å². The Hall–Kier alpha value is -2.08. The van der Waals surface area contributed by atoms with Gasteiger partial charge in [0.25, 0.3) is 0 Å². The number of aromatic nitrogens is 1. The van der Waals surface area contributed by atoms with Crippen LogP contribution < -0.4 is 10.2 Å². The third-order valence-electron chi connectivity index (χ3n) is 3.46. The standard InChI is InChI=1S/C18H15Cl2N3OS/c1-11-3-5-12(6-4-11)16-10-25-18(22-16)23-21-9-13-7-14(19)8-15(20)17(13)24-2/h3-10H,1-2H3,(H,22,23)/b21-9-. The molecule has 0 bridgehead atoms. The molecule has 3 rings (SSSR count). The molecule has 0 aliphatic rings. The lowest BCUT2D eigenvalue weighted by Gasteiger charge is -2.07. The third kappa shape index (κ3) is 4.31. The first kappa shape index (κ1) is 17.7. The van der Waals surface area contributed by atoms with Crippen molar-refractivity contribution in [2.75, 3.05) is 12.5 Å². The minimum absolute atomic E-state index is 0.437. The summed E-state index contributed by atoms with van der Waals surface area (Å²) in [5, 5.41) is 7.83. The highest BCUT2D eigenvalue weighted by molar-refractivity contribution is 7.14. The van der Waals surface area contributed by atoms with Gasteiger partial charge in [-0.15, -0.1) is 11.3 Å². The van der Waals surface area contributed by atoms with Crippen LogP contribution in [0.15, 0.2) is 46.9 Å². The van der Waals surface area contributed by atoms with Crippen LogP contribution in [-0.2, 0) is 0 Å². The van der Waals surface area contributed by atoms with Crippen LogP contribution >= 0.6 is 34.5 Å². The second-order valence-corrected chi connectivity index (χ2v) is 6.99. The van der Waals surface area contributed by atoms with Crippen LogP contribution in [0, 0.1) is 6.92 Å². The van der Waals surface area contributed by atoms with Gasteiger partial charge in [0.15, 0.2) is 0 Å². The number of anilines is 1. The van der Waals surface area contributed by atoms with Crippen LogP contribution in [0.5, 0.6) is 5.75 Å². The number of hydrogen-bond acceptors (Lipinski definition) is 5. The second-order valence-electron chi connectivity index (χ2n) is 5.28. The fourth-order valence-electron chi connectivity index (χ4n) is 2.23. The highest BCUT2D eigenvalue weighted by Crippen LogP contribution is 2.31. The third-order valence-corrected chi connectivity index (χ3v) is 4.70. The van der Waals surface area contributed by atoms with Gasteiger partial charge in [-0.1, -0.05) is 53.0 Å².